The smallest absolute Gasteiger partial charge is 0.133 e. The van der Waals surface area contributed by atoms with Crippen LogP contribution in [0.15, 0.2) is 22.8 Å². The van der Waals surface area contributed by atoms with Crippen LogP contribution in [0, 0.1) is 5.92 Å². The molecule has 0 saturated heterocycles. The maximum atomic E-state index is 9.99. The van der Waals surface area contributed by atoms with Gasteiger partial charge in [-0.3, -0.25) is 0 Å². The summed E-state index contributed by atoms with van der Waals surface area (Å²) < 4.78 is 5.18. The van der Waals surface area contributed by atoms with E-state index in [0.717, 1.165) is 6.42 Å². The van der Waals surface area contributed by atoms with Crippen LogP contribution >= 0.6 is 0 Å². The van der Waals surface area contributed by atoms with Crippen molar-refractivity contribution in [3.05, 3.63) is 24.2 Å². The molecular formula is C13H21NO2. The Morgan fingerprint density at radius 1 is 1.38 bits per heavy atom. The molecule has 0 amide bonds. The molecule has 1 aromatic rings. The summed E-state index contributed by atoms with van der Waals surface area (Å²) in [6.45, 7) is 0. The molecule has 16 heavy (non-hydrogen) atoms. The molecule has 1 aliphatic carbocycles. The fraction of sp³-hybridized carbons (Fsp3) is 0.692. The summed E-state index contributed by atoms with van der Waals surface area (Å²) in [5.74, 6) is 1.27. The lowest BCUT2D eigenvalue weighted by atomic mass is 9.84. The SMILES string of the molecule is N[C@H](CC1CCCCC1)[C@H](O)c1ccco1. The van der Waals surface area contributed by atoms with Crippen LogP contribution in [0.25, 0.3) is 0 Å². The molecule has 2 rings (SSSR count). The van der Waals surface area contributed by atoms with Gasteiger partial charge in [-0.15, -0.1) is 0 Å². The molecule has 0 radical (unpaired) electrons. The van der Waals surface area contributed by atoms with Gasteiger partial charge in [0.15, 0.2) is 0 Å². The fourth-order valence-corrected chi connectivity index (χ4v) is 2.61. The summed E-state index contributed by atoms with van der Waals surface area (Å²) in [6.07, 6.45) is 8.33. The Balaban J connectivity index is 1.84. The lowest BCUT2D eigenvalue weighted by molar-refractivity contribution is 0.106. The van der Waals surface area contributed by atoms with Crippen LogP contribution in [0.1, 0.15) is 50.4 Å². The molecule has 3 nitrogen and oxygen atoms in total. The predicted molar refractivity (Wildman–Crippen MR) is 62.8 cm³/mol. The van der Waals surface area contributed by atoms with Crippen molar-refractivity contribution in [2.75, 3.05) is 0 Å². The van der Waals surface area contributed by atoms with Gasteiger partial charge in [-0.25, -0.2) is 0 Å². The summed E-state index contributed by atoms with van der Waals surface area (Å²) in [7, 11) is 0. The van der Waals surface area contributed by atoms with Crippen LogP contribution in [-0.4, -0.2) is 11.1 Å². The van der Waals surface area contributed by atoms with E-state index in [1.54, 1.807) is 18.4 Å². The van der Waals surface area contributed by atoms with Crippen LogP contribution in [0.5, 0.6) is 0 Å². The van der Waals surface area contributed by atoms with Gasteiger partial charge in [0, 0.05) is 6.04 Å². The standard InChI is InChI=1S/C13H21NO2/c14-11(9-10-5-2-1-3-6-10)13(15)12-7-4-8-16-12/h4,7-8,10-11,13,15H,1-3,5-6,9,14H2/t11-,13+/m1/s1. The minimum absolute atomic E-state index is 0.200. The third-order valence-corrected chi connectivity index (χ3v) is 3.57. The van der Waals surface area contributed by atoms with Crippen LogP contribution in [-0.2, 0) is 0 Å². The van der Waals surface area contributed by atoms with Crippen molar-refractivity contribution in [2.24, 2.45) is 11.7 Å². The molecular weight excluding hydrogens is 202 g/mol. The summed E-state index contributed by atoms with van der Waals surface area (Å²) >= 11 is 0. The number of aliphatic hydroxyl groups excluding tert-OH is 1. The second-order valence-corrected chi connectivity index (χ2v) is 4.86. The van der Waals surface area contributed by atoms with Gasteiger partial charge in [0.25, 0.3) is 0 Å². The molecule has 1 saturated carbocycles. The van der Waals surface area contributed by atoms with Crippen molar-refractivity contribution >= 4 is 0 Å². The Kier molecular flexibility index (Phi) is 4.02. The zero-order valence-electron chi connectivity index (χ0n) is 9.64. The van der Waals surface area contributed by atoms with Crippen molar-refractivity contribution < 1.29 is 9.52 Å². The Morgan fingerprint density at radius 3 is 2.75 bits per heavy atom. The molecule has 3 N–H and O–H groups in total. The van der Waals surface area contributed by atoms with Crippen molar-refractivity contribution in [3.63, 3.8) is 0 Å². The molecule has 0 unspecified atom stereocenters. The van der Waals surface area contributed by atoms with Crippen LogP contribution in [0.2, 0.25) is 0 Å². The lowest BCUT2D eigenvalue weighted by Crippen LogP contribution is -2.31. The van der Waals surface area contributed by atoms with Crippen molar-refractivity contribution in [1.82, 2.24) is 0 Å². The van der Waals surface area contributed by atoms with Gasteiger partial charge in [0.05, 0.1) is 6.26 Å². The summed E-state index contributed by atoms with van der Waals surface area (Å²) in [6, 6.07) is 3.37. The van der Waals surface area contributed by atoms with Crippen molar-refractivity contribution in [1.29, 1.82) is 0 Å². The van der Waals surface area contributed by atoms with Crippen LogP contribution in [0.4, 0.5) is 0 Å². The monoisotopic (exact) mass is 223 g/mol. The number of nitrogens with two attached hydrogens (primary N) is 1. The van der Waals surface area contributed by atoms with Gasteiger partial charge < -0.3 is 15.3 Å². The summed E-state index contributed by atoms with van der Waals surface area (Å²) in [5, 5.41) is 9.99. The van der Waals surface area contributed by atoms with Gasteiger partial charge in [-0.2, -0.15) is 0 Å². The van der Waals surface area contributed by atoms with Crippen LogP contribution in [0.3, 0.4) is 0 Å². The normalized spacial score (nSPS) is 21.9. The quantitative estimate of drug-likeness (QED) is 0.824. The van der Waals surface area contributed by atoms with Crippen molar-refractivity contribution in [3.8, 4) is 0 Å². The number of aliphatic hydroxyl groups is 1. The first kappa shape index (κ1) is 11.7. The maximum Gasteiger partial charge on any atom is 0.133 e. The Labute approximate surface area is 96.6 Å². The lowest BCUT2D eigenvalue weighted by Gasteiger charge is -2.26. The van der Waals surface area contributed by atoms with Crippen molar-refractivity contribution in [2.45, 2.75) is 50.7 Å². The minimum Gasteiger partial charge on any atom is -0.467 e. The number of furan rings is 1. The average molecular weight is 223 g/mol. The van der Waals surface area contributed by atoms with E-state index in [1.165, 1.54) is 32.1 Å². The first-order valence-corrected chi connectivity index (χ1v) is 6.24. The summed E-state index contributed by atoms with van der Waals surface area (Å²) in [5.41, 5.74) is 6.03. The molecule has 0 bridgehead atoms. The van der Waals surface area contributed by atoms with E-state index in [0.29, 0.717) is 11.7 Å². The molecule has 90 valence electrons. The Bertz CT molecular complexity index is 291. The molecule has 0 aromatic carbocycles. The fourth-order valence-electron chi connectivity index (χ4n) is 2.61. The average Bonchev–Trinajstić information content (AvgIpc) is 2.83. The van der Waals surface area contributed by atoms with E-state index in [4.69, 9.17) is 10.2 Å². The zero-order valence-corrected chi connectivity index (χ0v) is 9.64. The van der Waals surface area contributed by atoms with Gasteiger partial charge in [-0.05, 0) is 24.5 Å². The molecule has 1 aliphatic rings. The highest BCUT2D eigenvalue weighted by Crippen LogP contribution is 2.29. The molecule has 2 atom stereocenters. The van der Waals surface area contributed by atoms with Crippen LogP contribution < -0.4 is 5.73 Å². The van der Waals surface area contributed by atoms with E-state index in [9.17, 15) is 5.11 Å². The molecule has 0 aliphatic heterocycles. The van der Waals surface area contributed by atoms with Gasteiger partial charge in [0.2, 0.25) is 0 Å². The maximum absolute atomic E-state index is 9.99. The predicted octanol–water partition coefficient (Wildman–Crippen LogP) is 2.61. The van der Waals surface area contributed by atoms with Gasteiger partial charge in [0.1, 0.15) is 11.9 Å². The highest BCUT2D eigenvalue weighted by atomic mass is 16.4. The van der Waals surface area contributed by atoms with Gasteiger partial charge in [-0.1, -0.05) is 32.1 Å². The first-order chi connectivity index (χ1) is 7.77. The van der Waals surface area contributed by atoms with E-state index in [-0.39, 0.29) is 6.04 Å². The molecule has 1 fully saturated rings. The zero-order chi connectivity index (χ0) is 11.4. The molecule has 3 heteroatoms. The Morgan fingerprint density at radius 2 is 2.12 bits per heavy atom. The van der Waals surface area contributed by atoms with E-state index >= 15 is 0 Å². The second kappa shape index (κ2) is 5.51. The minimum atomic E-state index is -0.656. The first-order valence-electron chi connectivity index (χ1n) is 6.24. The second-order valence-electron chi connectivity index (χ2n) is 4.86. The highest BCUT2D eigenvalue weighted by Gasteiger charge is 2.24. The number of rotatable bonds is 4. The largest absolute Gasteiger partial charge is 0.467 e. The van der Waals surface area contributed by atoms with E-state index in [1.807, 2.05) is 0 Å². The molecule has 1 heterocycles. The van der Waals surface area contributed by atoms with Gasteiger partial charge >= 0.3 is 0 Å². The third-order valence-electron chi connectivity index (χ3n) is 3.57. The van der Waals surface area contributed by atoms with E-state index < -0.39 is 6.10 Å². The molecule has 1 aromatic heterocycles. The van der Waals surface area contributed by atoms with E-state index in [2.05, 4.69) is 0 Å². The Hall–Kier alpha value is -0.800. The highest BCUT2D eigenvalue weighted by molar-refractivity contribution is 5.04. The third kappa shape index (κ3) is 2.86. The molecule has 0 spiro atoms. The summed E-state index contributed by atoms with van der Waals surface area (Å²) in [4.78, 5) is 0. The number of hydrogen-bond acceptors (Lipinski definition) is 3. The number of hydrogen-bond donors (Lipinski definition) is 2. The topological polar surface area (TPSA) is 59.4 Å².